The van der Waals surface area contributed by atoms with Gasteiger partial charge in [-0.2, -0.15) is 0 Å². The molecule has 0 aromatic rings. The Morgan fingerprint density at radius 3 is 2.36 bits per heavy atom. The Hall–Kier alpha value is -0.720. The molecule has 4 rings (SSSR count). The zero-order valence-corrected chi connectivity index (χ0v) is 15.2. The molecule has 140 valence electrons. The van der Waals surface area contributed by atoms with E-state index in [-0.39, 0.29) is 18.3 Å². The molecule has 4 aliphatic carbocycles. The van der Waals surface area contributed by atoms with Crippen molar-refractivity contribution < 1.29 is 25.5 Å². The van der Waals surface area contributed by atoms with Crippen LogP contribution in [0.4, 0.5) is 0 Å². The SMILES string of the molecule is C=C1[C@@H]2[C@@H](O)[C@H](O)C(C)(C)[C@@]2(O)[C@H](O)C[C@@]23C=C(C)C(CC[C@@H]12)[C@@H]3O. The average Bonchev–Trinajstić information content (AvgIpc) is 2.73. The van der Waals surface area contributed by atoms with E-state index in [9.17, 15) is 25.5 Å². The van der Waals surface area contributed by atoms with Gasteiger partial charge in [0, 0.05) is 22.7 Å². The first-order chi connectivity index (χ1) is 11.5. The normalized spacial score (nSPS) is 56.9. The molecule has 0 aromatic heterocycles. The lowest BCUT2D eigenvalue weighted by Crippen LogP contribution is -2.57. The van der Waals surface area contributed by atoms with Gasteiger partial charge in [-0.15, -0.1) is 0 Å². The molecule has 5 heteroatoms. The Kier molecular flexibility index (Phi) is 3.51. The van der Waals surface area contributed by atoms with Gasteiger partial charge in [0.2, 0.25) is 0 Å². The van der Waals surface area contributed by atoms with E-state index in [1.165, 1.54) is 0 Å². The third kappa shape index (κ3) is 1.77. The predicted octanol–water partition coefficient (Wildman–Crippen LogP) is 0.749. The highest BCUT2D eigenvalue weighted by atomic mass is 16.4. The minimum atomic E-state index is -1.69. The van der Waals surface area contributed by atoms with Crippen LogP contribution in [0.2, 0.25) is 0 Å². The molecule has 0 heterocycles. The summed E-state index contributed by atoms with van der Waals surface area (Å²) in [5, 5.41) is 55.0. The van der Waals surface area contributed by atoms with Crippen LogP contribution in [-0.2, 0) is 0 Å². The van der Waals surface area contributed by atoms with Crippen LogP contribution < -0.4 is 0 Å². The standard InChI is InChI=1S/C20H30O5/c1-9-7-19-8-13(21)20(25)14(15(22)17(24)18(20,3)4)10(2)12(19)6-5-11(9)16(19)23/h7,11-17,21-25H,2,5-6,8H2,1,3-4H3/t11?,12-,13+,14+,15+,16-,17-,19-,20+/m0/s1. The Morgan fingerprint density at radius 1 is 1.08 bits per heavy atom. The molecular formula is C20H30O5. The van der Waals surface area contributed by atoms with Gasteiger partial charge in [-0.05, 0) is 32.1 Å². The van der Waals surface area contributed by atoms with E-state index in [1.54, 1.807) is 13.8 Å². The van der Waals surface area contributed by atoms with Gasteiger partial charge in [0.1, 0.15) is 5.60 Å². The Balaban J connectivity index is 1.90. The highest BCUT2D eigenvalue weighted by Gasteiger charge is 2.72. The third-order valence-electron chi connectivity index (χ3n) is 8.24. The first-order valence-electron chi connectivity index (χ1n) is 9.33. The first kappa shape index (κ1) is 17.7. The van der Waals surface area contributed by atoms with Crippen molar-refractivity contribution in [3.8, 4) is 0 Å². The maximum atomic E-state index is 11.6. The number of aliphatic hydroxyl groups is 5. The lowest BCUT2D eigenvalue weighted by Gasteiger charge is -2.46. The van der Waals surface area contributed by atoms with Gasteiger partial charge in [-0.3, -0.25) is 0 Å². The second-order valence-electron chi connectivity index (χ2n) is 9.44. The number of hydrogen-bond donors (Lipinski definition) is 5. The van der Waals surface area contributed by atoms with Crippen molar-refractivity contribution in [1.29, 1.82) is 0 Å². The summed E-state index contributed by atoms with van der Waals surface area (Å²) >= 11 is 0. The van der Waals surface area contributed by atoms with E-state index in [0.29, 0.717) is 5.57 Å². The molecule has 0 aliphatic heterocycles. The monoisotopic (exact) mass is 350 g/mol. The maximum absolute atomic E-state index is 11.6. The summed E-state index contributed by atoms with van der Waals surface area (Å²) in [5.74, 6) is -0.845. The summed E-state index contributed by atoms with van der Waals surface area (Å²) in [5.41, 5.74) is -1.64. The second kappa shape index (κ2) is 4.96. The molecule has 4 aliphatic rings. The Morgan fingerprint density at radius 2 is 1.72 bits per heavy atom. The third-order valence-corrected chi connectivity index (χ3v) is 8.24. The molecule has 5 nitrogen and oxygen atoms in total. The minimum absolute atomic E-state index is 0.0901. The summed E-state index contributed by atoms with van der Waals surface area (Å²) in [4.78, 5) is 0. The van der Waals surface area contributed by atoms with E-state index in [2.05, 4.69) is 12.7 Å². The molecule has 9 atom stereocenters. The zero-order valence-electron chi connectivity index (χ0n) is 15.2. The number of aliphatic hydroxyl groups excluding tert-OH is 4. The van der Waals surface area contributed by atoms with Crippen molar-refractivity contribution in [2.45, 2.75) is 70.1 Å². The van der Waals surface area contributed by atoms with Gasteiger partial charge in [0.25, 0.3) is 0 Å². The van der Waals surface area contributed by atoms with E-state index >= 15 is 0 Å². The van der Waals surface area contributed by atoms with Gasteiger partial charge in [0.15, 0.2) is 0 Å². The number of hydrogen-bond acceptors (Lipinski definition) is 5. The molecule has 0 radical (unpaired) electrons. The van der Waals surface area contributed by atoms with Gasteiger partial charge in [0.05, 0.1) is 24.4 Å². The summed E-state index contributed by atoms with van der Waals surface area (Å²) in [6.07, 6.45) is -0.184. The van der Waals surface area contributed by atoms with Crippen LogP contribution in [-0.4, -0.2) is 55.5 Å². The molecule has 1 spiro atoms. The summed E-state index contributed by atoms with van der Waals surface area (Å²) in [6, 6.07) is 0. The summed E-state index contributed by atoms with van der Waals surface area (Å²) in [7, 11) is 0. The first-order valence-corrected chi connectivity index (χ1v) is 9.33. The van der Waals surface area contributed by atoms with Crippen LogP contribution in [0.3, 0.4) is 0 Å². The number of fused-ring (bicyclic) bond motifs is 2. The molecule has 0 saturated heterocycles. The van der Waals surface area contributed by atoms with Crippen LogP contribution in [0.5, 0.6) is 0 Å². The van der Waals surface area contributed by atoms with Crippen molar-refractivity contribution in [2.24, 2.45) is 28.6 Å². The van der Waals surface area contributed by atoms with E-state index in [1.807, 2.05) is 6.92 Å². The fourth-order valence-corrected chi connectivity index (χ4v) is 6.75. The van der Waals surface area contributed by atoms with Gasteiger partial charge in [-0.25, -0.2) is 0 Å². The smallest absolute Gasteiger partial charge is 0.107 e. The van der Waals surface area contributed by atoms with E-state index < -0.39 is 46.8 Å². The minimum Gasteiger partial charge on any atom is -0.392 e. The summed E-state index contributed by atoms with van der Waals surface area (Å²) in [6.45, 7) is 9.60. The lowest BCUT2D eigenvalue weighted by molar-refractivity contribution is -0.171. The average molecular weight is 350 g/mol. The molecule has 0 amide bonds. The van der Waals surface area contributed by atoms with Crippen LogP contribution in [0.15, 0.2) is 23.8 Å². The molecule has 3 saturated carbocycles. The maximum Gasteiger partial charge on any atom is 0.107 e. The predicted molar refractivity (Wildman–Crippen MR) is 92.4 cm³/mol. The molecule has 2 bridgehead atoms. The molecule has 1 unspecified atom stereocenters. The van der Waals surface area contributed by atoms with Crippen molar-refractivity contribution in [2.75, 3.05) is 0 Å². The van der Waals surface area contributed by atoms with Gasteiger partial charge in [-0.1, -0.05) is 37.6 Å². The van der Waals surface area contributed by atoms with Crippen molar-refractivity contribution >= 4 is 0 Å². The van der Waals surface area contributed by atoms with Crippen molar-refractivity contribution in [3.05, 3.63) is 23.8 Å². The van der Waals surface area contributed by atoms with Crippen LogP contribution in [0.1, 0.15) is 40.0 Å². The Bertz CT molecular complexity index is 654. The lowest BCUT2D eigenvalue weighted by atomic mass is 9.60. The van der Waals surface area contributed by atoms with Crippen LogP contribution >= 0.6 is 0 Å². The van der Waals surface area contributed by atoms with Crippen LogP contribution in [0.25, 0.3) is 0 Å². The molecule has 25 heavy (non-hydrogen) atoms. The quantitative estimate of drug-likeness (QED) is 0.415. The van der Waals surface area contributed by atoms with Crippen molar-refractivity contribution in [3.63, 3.8) is 0 Å². The molecule has 5 N–H and O–H groups in total. The molecule has 0 aromatic carbocycles. The zero-order chi connectivity index (χ0) is 18.5. The largest absolute Gasteiger partial charge is 0.392 e. The van der Waals surface area contributed by atoms with Gasteiger partial charge >= 0.3 is 0 Å². The Labute approximate surface area is 148 Å². The fraction of sp³-hybridized carbons (Fsp3) is 0.800. The number of rotatable bonds is 0. The van der Waals surface area contributed by atoms with Gasteiger partial charge < -0.3 is 25.5 Å². The molecule has 3 fully saturated rings. The van der Waals surface area contributed by atoms with E-state index in [0.717, 1.165) is 18.4 Å². The topological polar surface area (TPSA) is 101 Å². The second-order valence-corrected chi connectivity index (χ2v) is 9.44. The highest BCUT2D eigenvalue weighted by Crippen LogP contribution is 2.66. The van der Waals surface area contributed by atoms with E-state index in [4.69, 9.17) is 0 Å². The fourth-order valence-electron chi connectivity index (χ4n) is 6.75. The molecular weight excluding hydrogens is 320 g/mol. The van der Waals surface area contributed by atoms with Crippen molar-refractivity contribution in [1.82, 2.24) is 0 Å². The summed E-state index contributed by atoms with van der Waals surface area (Å²) < 4.78 is 0. The highest BCUT2D eigenvalue weighted by molar-refractivity contribution is 5.38. The van der Waals surface area contributed by atoms with Crippen LogP contribution in [0, 0.1) is 28.6 Å².